The molecule has 0 fully saturated rings. The lowest BCUT2D eigenvalue weighted by Gasteiger charge is -2.10. The molecule has 0 aliphatic rings. The van der Waals surface area contributed by atoms with Gasteiger partial charge in [-0.1, -0.05) is 35.3 Å². The average Bonchev–Trinajstić information content (AvgIpc) is 3.01. The minimum atomic E-state index is -4.43. The first kappa shape index (κ1) is 35.9. The molecule has 1 aromatic heterocycles. The van der Waals surface area contributed by atoms with E-state index in [1.165, 1.54) is 44.4 Å². The molecular weight excluding hydrogens is 687 g/mol. The molecule has 4 rings (SSSR count). The molecule has 0 aliphatic carbocycles. The van der Waals surface area contributed by atoms with Crippen molar-refractivity contribution in [3.05, 3.63) is 97.8 Å². The maximum atomic E-state index is 12.2. The third kappa shape index (κ3) is 9.70. The van der Waals surface area contributed by atoms with E-state index in [9.17, 15) is 32.9 Å². The van der Waals surface area contributed by atoms with E-state index in [4.69, 9.17) is 37.8 Å². The van der Waals surface area contributed by atoms with E-state index in [2.05, 4.69) is 25.0 Å². The summed E-state index contributed by atoms with van der Waals surface area (Å²) in [4.78, 5) is 55.7. The second-order valence-corrected chi connectivity index (χ2v) is 11.2. The number of aromatic carboxylic acids is 1. The van der Waals surface area contributed by atoms with E-state index in [1.54, 1.807) is 16.9 Å². The van der Waals surface area contributed by atoms with Crippen LogP contribution >= 0.6 is 23.2 Å². The van der Waals surface area contributed by atoms with E-state index in [0.717, 1.165) is 25.3 Å². The number of esters is 1. The number of ether oxygens (including phenoxy) is 3. The van der Waals surface area contributed by atoms with Gasteiger partial charge in [-0.2, -0.15) is 15.0 Å². The number of nitrogens with zero attached hydrogens (tertiary/aromatic N) is 4. The molecule has 47 heavy (non-hydrogen) atoms. The van der Waals surface area contributed by atoms with Crippen LogP contribution in [0.25, 0.3) is 0 Å². The van der Waals surface area contributed by atoms with Crippen LogP contribution in [0.5, 0.6) is 17.5 Å². The molecule has 246 valence electrons. The van der Waals surface area contributed by atoms with Crippen LogP contribution in [0.1, 0.15) is 26.5 Å². The predicted octanol–water partition coefficient (Wildman–Crippen LogP) is 4.88. The van der Waals surface area contributed by atoms with Crippen LogP contribution in [0.2, 0.25) is 10.0 Å². The monoisotopic (exact) mass is 708 g/mol. The van der Waals surface area contributed by atoms with Crippen molar-refractivity contribution in [2.45, 2.75) is 11.8 Å². The van der Waals surface area contributed by atoms with Crippen LogP contribution in [0.3, 0.4) is 0 Å². The fraction of sp³-hybridized carbons (Fsp3) is 0.111. The van der Waals surface area contributed by atoms with Gasteiger partial charge in [-0.05, 0) is 43.3 Å². The van der Waals surface area contributed by atoms with Gasteiger partial charge in [-0.15, -0.1) is 0 Å². The maximum absolute atomic E-state index is 12.2. The Balaban J connectivity index is 0.000000257. The van der Waals surface area contributed by atoms with Crippen LogP contribution < -0.4 is 19.5 Å². The lowest BCUT2D eigenvalue weighted by atomic mass is 10.1. The fourth-order valence-electron chi connectivity index (χ4n) is 3.48. The van der Waals surface area contributed by atoms with E-state index >= 15 is 0 Å². The van der Waals surface area contributed by atoms with Crippen molar-refractivity contribution in [3.8, 4) is 17.5 Å². The molecule has 0 aliphatic heterocycles. The van der Waals surface area contributed by atoms with Crippen LogP contribution in [-0.4, -0.2) is 65.6 Å². The summed E-state index contributed by atoms with van der Waals surface area (Å²) in [6.45, 7) is 1.52. The van der Waals surface area contributed by atoms with Crippen LogP contribution in [0.15, 0.2) is 65.6 Å². The second-order valence-electron chi connectivity index (χ2n) is 8.66. The molecule has 4 aromatic rings. The van der Waals surface area contributed by atoms with Gasteiger partial charge >= 0.3 is 24.0 Å². The lowest BCUT2D eigenvalue weighted by Crippen LogP contribution is -2.35. The van der Waals surface area contributed by atoms with Gasteiger partial charge in [0.25, 0.3) is 15.7 Å². The summed E-state index contributed by atoms with van der Waals surface area (Å²) in [6, 6.07) is 12.0. The van der Waals surface area contributed by atoms with E-state index < -0.39 is 43.4 Å². The number of halogens is 2. The number of anilines is 1. The topological polar surface area (TPSA) is 239 Å². The number of nitro groups is 1. The average molecular weight is 709 g/mol. The Morgan fingerprint density at radius 1 is 0.957 bits per heavy atom. The molecule has 2 amide bonds. The number of amides is 2. The van der Waals surface area contributed by atoms with Crippen molar-refractivity contribution in [2.24, 2.45) is 0 Å². The first-order valence-corrected chi connectivity index (χ1v) is 14.8. The molecule has 1 heterocycles. The summed E-state index contributed by atoms with van der Waals surface area (Å²) in [6.07, 6.45) is 0. The zero-order valence-corrected chi connectivity index (χ0v) is 26.6. The SMILES string of the molecule is COC(=O)c1cc(Oc2ccc(Cl)cc2Cl)ccc1[N+](=O)[O-].COc1nc(C)nc(NC(=O)NS(=O)(=O)c2ccccc2C(=O)O)n1. The van der Waals surface area contributed by atoms with Crippen LogP contribution in [-0.2, 0) is 14.8 Å². The number of carboxylic acid groups (broad SMARTS) is 1. The van der Waals surface area contributed by atoms with Gasteiger partial charge in [0.15, 0.2) is 0 Å². The molecule has 0 bridgehead atoms. The smallest absolute Gasteiger partial charge is 0.345 e. The first-order valence-electron chi connectivity index (χ1n) is 12.6. The minimum Gasteiger partial charge on any atom is -0.478 e. The van der Waals surface area contributed by atoms with E-state index in [1.807, 2.05) is 0 Å². The van der Waals surface area contributed by atoms with Crippen molar-refractivity contribution in [1.82, 2.24) is 19.7 Å². The highest BCUT2D eigenvalue weighted by molar-refractivity contribution is 7.90. The molecule has 20 heteroatoms. The van der Waals surface area contributed by atoms with E-state index in [0.29, 0.717) is 10.8 Å². The van der Waals surface area contributed by atoms with Gasteiger partial charge in [0.1, 0.15) is 27.8 Å². The number of carbonyl (C=O) groups is 3. The first-order chi connectivity index (χ1) is 22.1. The predicted molar refractivity (Wildman–Crippen MR) is 165 cm³/mol. The summed E-state index contributed by atoms with van der Waals surface area (Å²) in [5, 5.41) is 22.8. The number of sulfonamides is 1. The third-order valence-electron chi connectivity index (χ3n) is 5.46. The zero-order chi connectivity index (χ0) is 34.9. The number of carbonyl (C=O) groups excluding carboxylic acids is 2. The Kier molecular flexibility index (Phi) is 11.9. The minimum absolute atomic E-state index is 0.0677. The highest BCUT2D eigenvalue weighted by Crippen LogP contribution is 2.33. The summed E-state index contributed by atoms with van der Waals surface area (Å²) in [5.74, 6) is -1.77. The summed E-state index contributed by atoms with van der Waals surface area (Å²) < 4.78 is 41.0. The second kappa shape index (κ2) is 15.6. The van der Waals surface area contributed by atoms with Crippen molar-refractivity contribution in [3.63, 3.8) is 0 Å². The Morgan fingerprint density at radius 2 is 1.66 bits per heavy atom. The number of urea groups is 1. The largest absolute Gasteiger partial charge is 0.478 e. The number of aromatic nitrogens is 3. The number of hydrogen-bond donors (Lipinski definition) is 3. The van der Waals surface area contributed by atoms with Crippen LogP contribution in [0.4, 0.5) is 16.4 Å². The van der Waals surface area contributed by atoms with Gasteiger partial charge in [0.05, 0.1) is 29.7 Å². The zero-order valence-electron chi connectivity index (χ0n) is 24.3. The Labute approximate surface area is 275 Å². The number of aryl methyl sites for hydroxylation is 1. The van der Waals surface area contributed by atoms with E-state index in [-0.39, 0.29) is 39.8 Å². The number of methoxy groups -OCH3 is 2. The number of rotatable bonds is 9. The van der Waals surface area contributed by atoms with Gasteiger partial charge in [0, 0.05) is 17.2 Å². The van der Waals surface area contributed by atoms with Crippen molar-refractivity contribution in [2.75, 3.05) is 19.5 Å². The molecule has 3 aromatic carbocycles. The van der Waals surface area contributed by atoms with Crippen molar-refractivity contribution in [1.29, 1.82) is 0 Å². The highest BCUT2D eigenvalue weighted by atomic mass is 35.5. The standard InChI is InChI=1S/C14H9Cl2NO5.C13H13N5O6S/c1-21-14(18)10-7-9(3-4-12(10)17(19)20)22-13-5-2-8(15)6-11(13)16;1-7-14-11(17-13(15-7)24-2)16-12(21)18-25(22,23)9-6-4-3-5-8(9)10(19)20/h2-7H,1H3;3-6H,1-2H3,(H,19,20)(H2,14,15,16,17,18,21). The molecule has 0 saturated heterocycles. The molecule has 0 saturated carbocycles. The lowest BCUT2D eigenvalue weighted by molar-refractivity contribution is -0.385. The van der Waals surface area contributed by atoms with Gasteiger partial charge < -0.3 is 19.3 Å². The molecule has 17 nitrogen and oxygen atoms in total. The summed E-state index contributed by atoms with van der Waals surface area (Å²) in [7, 11) is -1.98. The van der Waals surface area contributed by atoms with Crippen LogP contribution in [0, 0.1) is 17.0 Å². The Bertz CT molecular complexity index is 1960. The summed E-state index contributed by atoms with van der Waals surface area (Å²) >= 11 is 11.8. The highest BCUT2D eigenvalue weighted by Gasteiger charge is 2.25. The fourth-order valence-corrected chi connectivity index (χ4v) is 5.04. The number of hydrogen-bond acceptors (Lipinski definition) is 13. The molecule has 0 radical (unpaired) electrons. The number of benzene rings is 3. The van der Waals surface area contributed by atoms with Crippen molar-refractivity contribution < 1.29 is 47.0 Å². The number of nitro benzene ring substituents is 1. The molecular formula is C27H22Cl2N6O11S. The normalized spacial score (nSPS) is 10.5. The third-order valence-corrected chi connectivity index (χ3v) is 7.38. The molecule has 3 N–H and O–H groups in total. The molecule has 0 spiro atoms. The maximum Gasteiger partial charge on any atom is 0.345 e. The molecule has 0 unspecified atom stereocenters. The number of nitrogens with one attached hydrogen (secondary N) is 2. The molecule has 0 atom stereocenters. The summed E-state index contributed by atoms with van der Waals surface area (Å²) in [5.41, 5.74) is -1.06. The Morgan fingerprint density at radius 3 is 2.28 bits per heavy atom. The Hall–Kier alpha value is -5.59. The van der Waals surface area contributed by atoms with Gasteiger partial charge in [0.2, 0.25) is 5.95 Å². The number of carboxylic acids is 1. The van der Waals surface area contributed by atoms with Gasteiger partial charge in [-0.3, -0.25) is 15.4 Å². The van der Waals surface area contributed by atoms with Gasteiger partial charge in [-0.25, -0.2) is 27.5 Å². The van der Waals surface area contributed by atoms with Crippen molar-refractivity contribution >= 4 is 62.8 Å². The quantitative estimate of drug-likeness (QED) is 0.119.